The fourth-order valence-corrected chi connectivity index (χ4v) is 3.30. The number of aryl methyl sites for hydroxylation is 2. The number of aliphatic imine (C=N–C) groups is 1. The summed E-state index contributed by atoms with van der Waals surface area (Å²) in [7, 11) is 1.78. The maximum absolute atomic E-state index is 4.83. The second kappa shape index (κ2) is 5.86. The fraction of sp³-hybridized carbons (Fsp3) is 0.421. The third kappa shape index (κ3) is 2.55. The summed E-state index contributed by atoms with van der Waals surface area (Å²) in [6.45, 7) is 12.0. The smallest absolute Gasteiger partial charge is 0.177 e. The molecule has 0 aliphatic heterocycles. The molecule has 1 aliphatic rings. The van der Waals surface area contributed by atoms with Crippen LogP contribution in [0.1, 0.15) is 60.8 Å². The summed E-state index contributed by atoms with van der Waals surface area (Å²) in [5.74, 6) is 2.37. The van der Waals surface area contributed by atoms with Gasteiger partial charge in [-0.3, -0.25) is 9.98 Å². The molecule has 3 aromatic rings. The van der Waals surface area contributed by atoms with Crippen LogP contribution in [0.15, 0.2) is 24.0 Å². The number of hydrogen-bond donors (Lipinski definition) is 0. The molecule has 1 fully saturated rings. The maximum Gasteiger partial charge on any atom is 0.177 e. The van der Waals surface area contributed by atoms with Gasteiger partial charge in [-0.1, -0.05) is 6.58 Å². The third-order valence-corrected chi connectivity index (χ3v) is 5.02. The van der Waals surface area contributed by atoms with Crippen molar-refractivity contribution in [3.05, 3.63) is 47.7 Å². The largest absolute Gasteiger partial charge is 0.303 e. The molecule has 7 nitrogen and oxygen atoms in total. The minimum Gasteiger partial charge on any atom is -0.303 e. The third-order valence-electron chi connectivity index (χ3n) is 5.02. The van der Waals surface area contributed by atoms with Crippen molar-refractivity contribution in [2.75, 3.05) is 7.05 Å². The van der Waals surface area contributed by atoms with Gasteiger partial charge in [-0.15, -0.1) is 0 Å². The van der Waals surface area contributed by atoms with Gasteiger partial charge in [0.25, 0.3) is 0 Å². The lowest BCUT2D eigenvalue weighted by Gasteiger charge is -2.04. The molecule has 2 atom stereocenters. The first kappa shape index (κ1) is 16.6. The lowest BCUT2D eigenvalue weighted by molar-refractivity contribution is 0.828. The molecule has 0 N–H and O–H groups in total. The molecule has 0 saturated heterocycles. The average Bonchev–Trinajstić information content (AvgIpc) is 3.08. The molecular formula is C19H23N7. The minimum atomic E-state index is 0.300. The summed E-state index contributed by atoms with van der Waals surface area (Å²) >= 11 is 0. The van der Waals surface area contributed by atoms with Gasteiger partial charge in [-0.05, 0) is 34.1 Å². The lowest BCUT2D eigenvalue weighted by atomic mass is 10.2. The van der Waals surface area contributed by atoms with Gasteiger partial charge in [-0.25, -0.2) is 14.5 Å². The molecule has 3 aromatic heterocycles. The normalized spacial score (nSPS) is 20.0. The molecule has 134 valence electrons. The van der Waals surface area contributed by atoms with Crippen LogP contribution in [0.25, 0.3) is 11.3 Å². The summed E-state index contributed by atoms with van der Waals surface area (Å²) in [6, 6.07) is 0. The van der Waals surface area contributed by atoms with E-state index in [0.717, 1.165) is 52.2 Å². The van der Waals surface area contributed by atoms with Crippen molar-refractivity contribution in [1.82, 2.24) is 29.1 Å². The van der Waals surface area contributed by atoms with E-state index in [1.807, 2.05) is 43.0 Å². The Hall–Kier alpha value is -2.83. The summed E-state index contributed by atoms with van der Waals surface area (Å²) in [5.41, 5.74) is 5.62. The van der Waals surface area contributed by atoms with E-state index in [2.05, 4.69) is 22.8 Å². The van der Waals surface area contributed by atoms with E-state index in [-0.39, 0.29) is 0 Å². The van der Waals surface area contributed by atoms with Crippen LogP contribution in [0, 0.1) is 13.8 Å². The van der Waals surface area contributed by atoms with Crippen molar-refractivity contribution in [2.45, 2.75) is 46.0 Å². The molecule has 3 heterocycles. The summed E-state index contributed by atoms with van der Waals surface area (Å²) < 4.78 is 3.90. The van der Waals surface area contributed by atoms with Gasteiger partial charge in [0.15, 0.2) is 17.3 Å². The average molecular weight is 349 g/mol. The first-order valence-electron chi connectivity index (χ1n) is 8.78. The Morgan fingerprint density at radius 3 is 2.65 bits per heavy atom. The van der Waals surface area contributed by atoms with E-state index >= 15 is 0 Å². The van der Waals surface area contributed by atoms with Crippen molar-refractivity contribution in [3.8, 4) is 0 Å². The number of nitrogens with zero attached hydrogens (tertiary/aromatic N) is 7. The van der Waals surface area contributed by atoms with E-state index in [1.165, 1.54) is 0 Å². The van der Waals surface area contributed by atoms with Crippen LogP contribution >= 0.6 is 0 Å². The molecule has 0 radical (unpaired) electrons. The monoisotopic (exact) mass is 349 g/mol. The van der Waals surface area contributed by atoms with Crippen LogP contribution in [-0.2, 0) is 0 Å². The van der Waals surface area contributed by atoms with E-state index in [4.69, 9.17) is 15.1 Å². The zero-order valence-electron chi connectivity index (χ0n) is 15.9. The van der Waals surface area contributed by atoms with Crippen molar-refractivity contribution in [1.29, 1.82) is 0 Å². The Bertz CT molecular complexity index is 1010. The number of fused-ring (bicyclic) bond motifs is 1. The maximum atomic E-state index is 4.83. The second-order valence-electron chi connectivity index (χ2n) is 7.04. The fourth-order valence-electron chi connectivity index (χ4n) is 3.30. The molecular weight excluding hydrogens is 326 g/mol. The predicted molar refractivity (Wildman–Crippen MR) is 102 cm³/mol. The molecule has 0 bridgehead atoms. The Morgan fingerprint density at radius 2 is 2.00 bits per heavy atom. The molecule has 1 aliphatic carbocycles. The first-order chi connectivity index (χ1) is 12.4. The van der Waals surface area contributed by atoms with E-state index in [0.29, 0.717) is 11.8 Å². The van der Waals surface area contributed by atoms with Gasteiger partial charge in [0.2, 0.25) is 0 Å². The molecule has 7 heteroatoms. The minimum absolute atomic E-state index is 0.300. The summed E-state index contributed by atoms with van der Waals surface area (Å²) in [5, 5.41) is 4.72. The molecule has 26 heavy (non-hydrogen) atoms. The lowest BCUT2D eigenvalue weighted by Crippen LogP contribution is -2.05. The Kier molecular flexibility index (Phi) is 3.75. The van der Waals surface area contributed by atoms with Crippen LogP contribution < -0.4 is 0 Å². The highest BCUT2D eigenvalue weighted by atomic mass is 15.3. The predicted octanol–water partition coefficient (Wildman–Crippen LogP) is 3.14. The van der Waals surface area contributed by atoms with Crippen molar-refractivity contribution in [3.63, 3.8) is 0 Å². The zero-order valence-corrected chi connectivity index (χ0v) is 15.9. The highest BCUT2D eigenvalue weighted by molar-refractivity contribution is 5.96. The van der Waals surface area contributed by atoms with Gasteiger partial charge >= 0.3 is 0 Å². The molecule has 0 aromatic carbocycles. The van der Waals surface area contributed by atoms with Crippen LogP contribution in [0.4, 0.5) is 0 Å². The van der Waals surface area contributed by atoms with Gasteiger partial charge in [0.05, 0.1) is 22.8 Å². The Morgan fingerprint density at radius 1 is 1.23 bits per heavy atom. The van der Waals surface area contributed by atoms with Crippen molar-refractivity contribution in [2.24, 2.45) is 4.99 Å². The van der Waals surface area contributed by atoms with Gasteiger partial charge in [-0.2, -0.15) is 5.10 Å². The number of allylic oxidation sites excluding steroid dienone is 1. The Labute approximate surface area is 152 Å². The number of rotatable bonds is 4. The summed E-state index contributed by atoms with van der Waals surface area (Å²) in [6.07, 6.45) is 4.92. The Balaban J connectivity index is 1.68. The van der Waals surface area contributed by atoms with Crippen molar-refractivity contribution >= 4 is 17.1 Å². The number of aromatic nitrogens is 6. The van der Waals surface area contributed by atoms with Crippen molar-refractivity contribution < 1.29 is 0 Å². The van der Waals surface area contributed by atoms with E-state index in [1.54, 1.807) is 7.05 Å². The summed E-state index contributed by atoms with van der Waals surface area (Å²) in [4.78, 5) is 18.2. The quantitative estimate of drug-likeness (QED) is 0.678. The van der Waals surface area contributed by atoms with Gasteiger partial charge in [0, 0.05) is 37.0 Å². The number of hydrogen-bond acceptors (Lipinski definition) is 5. The topological polar surface area (TPSA) is 73.3 Å². The van der Waals surface area contributed by atoms with Gasteiger partial charge < -0.3 is 4.57 Å². The highest BCUT2D eigenvalue weighted by Crippen LogP contribution is 2.53. The van der Waals surface area contributed by atoms with Crippen LogP contribution in [0.5, 0.6) is 0 Å². The van der Waals surface area contributed by atoms with Gasteiger partial charge in [0.1, 0.15) is 0 Å². The highest BCUT2D eigenvalue weighted by Gasteiger charge is 2.44. The standard InChI is InChI=1S/C19H23N7/c1-10(2)25-9-16(22-18(25)12(4)20-6)14-7-15(14)17-23-19-13(5)21-8-11(3)26(19)24-17/h8-9,14-15H,1,7H2,2-6H3/b20-12-. The van der Waals surface area contributed by atoms with Crippen LogP contribution in [0.3, 0.4) is 0 Å². The number of imidazole rings is 1. The van der Waals surface area contributed by atoms with E-state index in [9.17, 15) is 0 Å². The molecule has 0 spiro atoms. The zero-order chi connectivity index (χ0) is 18.6. The molecule has 2 unspecified atom stereocenters. The van der Waals surface area contributed by atoms with Crippen LogP contribution in [0.2, 0.25) is 0 Å². The molecule has 4 rings (SSSR count). The molecule has 0 amide bonds. The van der Waals surface area contributed by atoms with E-state index < -0.39 is 0 Å². The second-order valence-corrected chi connectivity index (χ2v) is 7.04. The first-order valence-corrected chi connectivity index (χ1v) is 8.78. The van der Waals surface area contributed by atoms with Crippen LogP contribution in [-0.4, -0.2) is 41.9 Å². The molecule has 1 saturated carbocycles. The SMILES string of the molecule is C=C(C)n1cc(C2CC2c2nc3c(C)ncc(C)n3n2)nc1/C(C)=N\C.